The van der Waals surface area contributed by atoms with Crippen LogP contribution in [-0.4, -0.2) is 18.0 Å². The molecule has 0 N–H and O–H groups in total. The van der Waals surface area contributed by atoms with Gasteiger partial charge in [0.25, 0.3) is 0 Å². The fraction of sp³-hybridized carbons (Fsp3) is 0.333. The van der Waals surface area contributed by atoms with Gasteiger partial charge in [-0.3, -0.25) is 4.90 Å². The van der Waals surface area contributed by atoms with E-state index in [9.17, 15) is 0 Å². The Bertz CT molecular complexity index is 356. The van der Waals surface area contributed by atoms with Crippen LogP contribution in [0.15, 0.2) is 43.5 Å². The van der Waals surface area contributed by atoms with E-state index in [1.807, 2.05) is 12.2 Å². The third-order valence-corrected chi connectivity index (χ3v) is 2.89. The highest BCUT2D eigenvalue weighted by atomic mass is 15.1. The fourth-order valence-electron chi connectivity index (χ4n) is 1.79. The minimum absolute atomic E-state index is 0.902. The van der Waals surface area contributed by atoms with Crippen LogP contribution >= 0.6 is 0 Å². The summed E-state index contributed by atoms with van der Waals surface area (Å²) in [5, 5.41) is 0. The maximum Gasteiger partial charge on any atom is 0.0243 e. The molecule has 0 saturated carbocycles. The van der Waals surface area contributed by atoms with Gasteiger partial charge in [-0.2, -0.15) is 0 Å². The highest BCUT2D eigenvalue weighted by molar-refractivity contribution is 5.33. The van der Waals surface area contributed by atoms with Crippen molar-refractivity contribution in [2.45, 2.75) is 20.4 Å². The smallest absolute Gasteiger partial charge is 0.0243 e. The maximum absolute atomic E-state index is 3.79. The molecular formula is C15H21N. The molecule has 0 amide bonds. The number of aryl methyl sites for hydroxylation is 1. The molecule has 86 valence electrons. The summed E-state index contributed by atoms with van der Waals surface area (Å²) in [5.41, 5.74) is 4.14. The molecule has 1 aromatic rings. The summed E-state index contributed by atoms with van der Waals surface area (Å²) in [6.45, 7) is 14.7. The summed E-state index contributed by atoms with van der Waals surface area (Å²) < 4.78 is 0. The Morgan fingerprint density at radius 3 is 2.31 bits per heavy atom. The van der Waals surface area contributed by atoms with Crippen LogP contribution in [0.3, 0.4) is 0 Å². The van der Waals surface area contributed by atoms with E-state index in [1.54, 1.807) is 0 Å². The van der Waals surface area contributed by atoms with Crippen molar-refractivity contribution in [2.75, 3.05) is 13.1 Å². The molecule has 0 heterocycles. The topological polar surface area (TPSA) is 3.24 Å². The van der Waals surface area contributed by atoms with Crippen molar-refractivity contribution < 1.29 is 0 Å². The molecule has 1 nitrogen and oxygen atoms in total. The summed E-state index contributed by atoms with van der Waals surface area (Å²) in [4.78, 5) is 2.32. The quantitative estimate of drug-likeness (QED) is 0.657. The molecule has 0 aliphatic rings. The normalized spacial score (nSPS) is 10.4. The molecule has 0 saturated heterocycles. The summed E-state index contributed by atoms with van der Waals surface area (Å²) in [6, 6.07) is 6.48. The Balaban J connectivity index is 2.79. The van der Waals surface area contributed by atoms with Crippen LogP contribution in [0.2, 0.25) is 0 Å². The first-order valence-electron chi connectivity index (χ1n) is 5.68. The molecule has 16 heavy (non-hydrogen) atoms. The first-order valence-corrected chi connectivity index (χ1v) is 5.68. The van der Waals surface area contributed by atoms with Crippen LogP contribution in [-0.2, 0) is 6.54 Å². The van der Waals surface area contributed by atoms with Crippen LogP contribution in [0.25, 0.3) is 0 Å². The first kappa shape index (κ1) is 12.7. The van der Waals surface area contributed by atoms with E-state index in [1.165, 1.54) is 16.7 Å². The second-order valence-corrected chi connectivity index (χ2v) is 4.13. The van der Waals surface area contributed by atoms with E-state index in [0.717, 1.165) is 19.6 Å². The molecule has 0 aromatic heterocycles. The van der Waals surface area contributed by atoms with Crippen molar-refractivity contribution in [3.63, 3.8) is 0 Å². The fourth-order valence-corrected chi connectivity index (χ4v) is 1.79. The van der Waals surface area contributed by atoms with E-state index >= 15 is 0 Å². The van der Waals surface area contributed by atoms with Gasteiger partial charge in [0.15, 0.2) is 0 Å². The van der Waals surface area contributed by atoms with Gasteiger partial charge in [-0.1, -0.05) is 30.4 Å². The van der Waals surface area contributed by atoms with Gasteiger partial charge in [0.05, 0.1) is 0 Å². The average molecular weight is 215 g/mol. The molecule has 0 atom stereocenters. The van der Waals surface area contributed by atoms with E-state index < -0.39 is 0 Å². The summed E-state index contributed by atoms with van der Waals surface area (Å²) >= 11 is 0. The van der Waals surface area contributed by atoms with Crippen molar-refractivity contribution in [2.24, 2.45) is 0 Å². The predicted octanol–water partition coefficient (Wildman–Crippen LogP) is 3.48. The lowest BCUT2D eigenvalue weighted by atomic mass is 10.0. The van der Waals surface area contributed by atoms with Crippen LogP contribution in [0, 0.1) is 13.8 Å². The van der Waals surface area contributed by atoms with Gasteiger partial charge in [0, 0.05) is 19.6 Å². The summed E-state index contributed by atoms with van der Waals surface area (Å²) in [5.74, 6) is 0. The lowest BCUT2D eigenvalue weighted by Crippen LogP contribution is -2.23. The Hall–Kier alpha value is -1.34. The molecule has 0 aliphatic heterocycles. The predicted molar refractivity (Wildman–Crippen MR) is 71.6 cm³/mol. The van der Waals surface area contributed by atoms with Gasteiger partial charge >= 0.3 is 0 Å². The third kappa shape index (κ3) is 3.35. The van der Waals surface area contributed by atoms with Crippen LogP contribution < -0.4 is 0 Å². The lowest BCUT2D eigenvalue weighted by Gasteiger charge is -2.20. The van der Waals surface area contributed by atoms with Gasteiger partial charge in [-0.15, -0.1) is 13.2 Å². The Morgan fingerprint density at radius 2 is 1.75 bits per heavy atom. The Labute approximate surface area is 99.1 Å². The highest BCUT2D eigenvalue weighted by Gasteiger charge is 2.05. The van der Waals surface area contributed by atoms with Crippen molar-refractivity contribution >= 4 is 0 Å². The summed E-state index contributed by atoms with van der Waals surface area (Å²) in [6.07, 6.45) is 3.88. The maximum atomic E-state index is 3.79. The zero-order valence-electron chi connectivity index (χ0n) is 10.4. The summed E-state index contributed by atoms with van der Waals surface area (Å²) in [7, 11) is 0. The SMILES string of the molecule is C=CCN(CC=C)Cc1cccc(C)c1C. The Kier molecular flexibility index (Phi) is 5.00. The molecule has 1 rings (SSSR count). The molecule has 1 aromatic carbocycles. The van der Waals surface area contributed by atoms with Gasteiger partial charge in [0.1, 0.15) is 0 Å². The second-order valence-electron chi connectivity index (χ2n) is 4.13. The van der Waals surface area contributed by atoms with Crippen molar-refractivity contribution in [3.05, 3.63) is 60.2 Å². The third-order valence-electron chi connectivity index (χ3n) is 2.89. The number of rotatable bonds is 6. The molecule has 0 fully saturated rings. The van der Waals surface area contributed by atoms with Crippen molar-refractivity contribution in [1.29, 1.82) is 0 Å². The molecule has 0 radical (unpaired) electrons. The van der Waals surface area contributed by atoms with E-state index in [0.29, 0.717) is 0 Å². The molecular weight excluding hydrogens is 194 g/mol. The molecule has 0 aliphatic carbocycles. The molecule has 0 spiro atoms. The first-order chi connectivity index (χ1) is 7.69. The number of hydrogen-bond acceptors (Lipinski definition) is 1. The average Bonchev–Trinajstić information content (AvgIpc) is 2.25. The second kappa shape index (κ2) is 6.29. The standard InChI is InChI=1S/C15H21N/c1-5-10-16(11-6-2)12-15-9-7-8-13(3)14(15)4/h5-9H,1-2,10-12H2,3-4H3. The minimum atomic E-state index is 0.902. The Morgan fingerprint density at radius 1 is 1.12 bits per heavy atom. The monoisotopic (exact) mass is 215 g/mol. The number of nitrogens with zero attached hydrogens (tertiary/aromatic N) is 1. The van der Waals surface area contributed by atoms with Crippen LogP contribution in [0.5, 0.6) is 0 Å². The van der Waals surface area contributed by atoms with E-state index in [2.05, 4.69) is 50.1 Å². The van der Waals surface area contributed by atoms with Gasteiger partial charge < -0.3 is 0 Å². The van der Waals surface area contributed by atoms with Gasteiger partial charge in [-0.25, -0.2) is 0 Å². The van der Waals surface area contributed by atoms with Crippen molar-refractivity contribution in [3.8, 4) is 0 Å². The molecule has 1 heteroatoms. The number of hydrogen-bond donors (Lipinski definition) is 0. The number of benzene rings is 1. The van der Waals surface area contributed by atoms with E-state index in [4.69, 9.17) is 0 Å². The van der Waals surface area contributed by atoms with Crippen LogP contribution in [0.4, 0.5) is 0 Å². The zero-order valence-corrected chi connectivity index (χ0v) is 10.4. The molecule has 0 unspecified atom stereocenters. The van der Waals surface area contributed by atoms with Crippen molar-refractivity contribution in [1.82, 2.24) is 4.90 Å². The largest absolute Gasteiger partial charge is 0.292 e. The van der Waals surface area contributed by atoms with Gasteiger partial charge in [-0.05, 0) is 30.5 Å². The lowest BCUT2D eigenvalue weighted by molar-refractivity contribution is 0.327. The van der Waals surface area contributed by atoms with Crippen LogP contribution in [0.1, 0.15) is 16.7 Å². The van der Waals surface area contributed by atoms with E-state index in [-0.39, 0.29) is 0 Å². The minimum Gasteiger partial charge on any atom is -0.292 e. The van der Waals surface area contributed by atoms with Gasteiger partial charge in [0.2, 0.25) is 0 Å². The zero-order chi connectivity index (χ0) is 12.0. The molecule has 0 bridgehead atoms. The highest BCUT2D eigenvalue weighted by Crippen LogP contribution is 2.14.